The van der Waals surface area contributed by atoms with Crippen molar-refractivity contribution in [3.8, 4) is 0 Å². The van der Waals surface area contributed by atoms with Crippen LogP contribution < -0.4 is 29.1 Å². The van der Waals surface area contributed by atoms with Gasteiger partial charge in [-0.1, -0.05) is 51.9 Å². The Bertz CT molecular complexity index is 97.2. The molecule has 3 heteroatoms. The second kappa shape index (κ2) is 7.82. The topological polar surface area (TPSA) is 23.1 Å². The quantitative estimate of drug-likeness (QED) is 0.447. The fraction of sp³-hybridized carbons (Fsp3) is 1.00. The molecule has 0 atom stereocenters. The first-order valence-electron chi connectivity index (χ1n) is 4.47. The van der Waals surface area contributed by atoms with E-state index >= 15 is 0 Å². The summed E-state index contributed by atoms with van der Waals surface area (Å²) >= 11 is 0. The predicted octanol–water partition coefficient (Wildman–Crippen LogP) is -1.53. The van der Waals surface area contributed by atoms with Gasteiger partial charge in [0.25, 0.3) is 0 Å². The largest absolute Gasteiger partial charge is 2.00 e. The monoisotopic (exact) mass is 292 g/mol. The maximum Gasteiger partial charge on any atom is 2.00 e. The summed E-state index contributed by atoms with van der Waals surface area (Å²) in [4.78, 5) is 0. The second-order valence-electron chi connectivity index (χ2n) is 3.49. The molecule has 1 saturated carbocycles. The van der Waals surface area contributed by atoms with Crippen LogP contribution in [0.3, 0.4) is 0 Å². The Labute approximate surface area is 109 Å². The Hall–Kier alpha value is 1.46. The van der Waals surface area contributed by atoms with Gasteiger partial charge in [0.1, 0.15) is 0 Å². The molecule has 1 aliphatic carbocycles. The van der Waals surface area contributed by atoms with Gasteiger partial charge in [0.15, 0.2) is 0 Å². The van der Waals surface area contributed by atoms with Crippen molar-refractivity contribution >= 4 is 23.1 Å². The van der Waals surface area contributed by atoms with E-state index in [4.69, 9.17) is 0 Å². The molecule has 68 valence electrons. The van der Waals surface area contributed by atoms with Crippen LogP contribution in [0.2, 0.25) is 0 Å². The van der Waals surface area contributed by atoms with Crippen molar-refractivity contribution in [2.45, 2.75) is 57.5 Å². The summed E-state index contributed by atoms with van der Waals surface area (Å²) in [5.41, 5.74) is -0.521. The van der Waals surface area contributed by atoms with Crippen LogP contribution in [0, 0.1) is 0 Å². The van der Waals surface area contributed by atoms with E-state index in [2.05, 4.69) is 6.92 Å². The van der Waals surface area contributed by atoms with Crippen molar-refractivity contribution in [2.24, 2.45) is 0 Å². The van der Waals surface area contributed by atoms with Crippen molar-refractivity contribution in [1.29, 1.82) is 0 Å². The van der Waals surface area contributed by atoms with E-state index in [-0.39, 0.29) is 47.0 Å². The Kier molecular flexibility index (Phi) is 10.4. The molecule has 0 aromatic heterocycles. The van der Waals surface area contributed by atoms with E-state index in [0.717, 1.165) is 25.7 Å². The van der Waals surface area contributed by atoms with Crippen molar-refractivity contribution in [3.05, 3.63) is 0 Å². The van der Waals surface area contributed by atoms with E-state index in [0.29, 0.717) is 0 Å². The van der Waals surface area contributed by atoms with E-state index in [1.54, 1.807) is 0 Å². The molecule has 0 aliphatic heterocycles. The number of hydrogen-bond acceptors (Lipinski definition) is 1. The average molecular weight is 292 g/mol. The molecule has 0 unspecified atom stereocenters. The zero-order valence-electron chi connectivity index (χ0n) is 7.94. The van der Waals surface area contributed by atoms with Gasteiger partial charge < -0.3 is 29.1 Å². The van der Waals surface area contributed by atoms with Gasteiger partial charge in [0.05, 0.1) is 0 Å². The van der Waals surface area contributed by atoms with Crippen molar-refractivity contribution < 1.29 is 29.1 Å². The Morgan fingerprint density at radius 2 is 1.67 bits per heavy atom. The number of rotatable bonds is 2. The third-order valence-corrected chi connectivity index (χ3v) is 2.47. The first-order chi connectivity index (χ1) is 4.77. The van der Waals surface area contributed by atoms with Gasteiger partial charge in [-0.3, -0.25) is 0 Å². The van der Waals surface area contributed by atoms with Gasteiger partial charge in [0.2, 0.25) is 0 Å². The van der Waals surface area contributed by atoms with Crippen molar-refractivity contribution in [1.82, 2.24) is 0 Å². The zero-order valence-corrected chi connectivity index (χ0v) is 11.5. The van der Waals surface area contributed by atoms with Crippen LogP contribution in [0.4, 0.5) is 0 Å². The Morgan fingerprint density at radius 3 is 2.08 bits per heavy atom. The molecule has 0 aromatic rings. The molecule has 1 rings (SSSR count). The molecule has 0 aromatic carbocycles. The number of hydrogen-bond donors (Lipinski definition) is 0. The summed E-state index contributed by atoms with van der Waals surface area (Å²) in [5.74, 6) is 0. The molecule has 0 radical (unpaired) electrons. The molecule has 0 spiro atoms. The SMILES string of the molecule is CCCC1([O-])CCCCC1.[I-].[Mg+2]. The predicted molar refractivity (Wildman–Crippen MR) is 46.5 cm³/mol. The van der Waals surface area contributed by atoms with Gasteiger partial charge in [-0.15, -0.1) is 5.60 Å². The summed E-state index contributed by atoms with van der Waals surface area (Å²) < 4.78 is 0. The summed E-state index contributed by atoms with van der Waals surface area (Å²) in [6.45, 7) is 2.11. The van der Waals surface area contributed by atoms with Crippen LogP contribution in [0.25, 0.3) is 0 Å². The van der Waals surface area contributed by atoms with Gasteiger partial charge in [-0.05, 0) is 0 Å². The van der Waals surface area contributed by atoms with Gasteiger partial charge in [-0.25, -0.2) is 0 Å². The summed E-state index contributed by atoms with van der Waals surface area (Å²) in [6.07, 6.45) is 7.44. The Morgan fingerprint density at radius 1 is 1.17 bits per heavy atom. The van der Waals surface area contributed by atoms with E-state index in [9.17, 15) is 5.11 Å². The number of halogens is 1. The molecule has 0 heterocycles. The molecule has 1 nitrogen and oxygen atoms in total. The smallest absolute Gasteiger partial charge is 1.00 e. The first kappa shape index (κ1) is 15.9. The molecule has 0 amide bonds. The fourth-order valence-corrected chi connectivity index (χ4v) is 1.90. The minimum Gasteiger partial charge on any atom is -1.00 e. The average Bonchev–Trinajstić information content (AvgIpc) is 1.89. The van der Waals surface area contributed by atoms with E-state index in [1.165, 1.54) is 19.3 Å². The summed E-state index contributed by atoms with van der Waals surface area (Å²) in [6, 6.07) is 0. The van der Waals surface area contributed by atoms with Crippen LogP contribution in [0.1, 0.15) is 51.9 Å². The first-order valence-corrected chi connectivity index (χ1v) is 4.47. The summed E-state index contributed by atoms with van der Waals surface area (Å²) in [7, 11) is 0. The molecule has 0 saturated heterocycles. The maximum atomic E-state index is 11.7. The molecule has 1 aliphatic rings. The molecule has 0 bridgehead atoms. The van der Waals surface area contributed by atoms with Crippen LogP contribution in [-0.4, -0.2) is 28.7 Å². The molecule has 0 N–H and O–H groups in total. The van der Waals surface area contributed by atoms with Gasteiger partial charge in [0, 0.05) is 0 Å². The normalized spacial score (nSPS) is 20.5. The fourth-order valence-electron chi connectivity index (χ4n) is 1.90. The van der Waals surface area contributed by atoms with Crippen LogP contribution >= 0.6 is 0 Å². The van der Waals surface area contributed by atoms with Crippen LogP contribution in [0.15, 0.2) is 0 Å². The zero-order chi connectivity index (χ0) is 7.45. The van der Waals surface area contributed by atoms with Gasteiger partial charge in [-0.2, -0.15) is 0 Å². The summed E-state index contributed by atoms with van der Waals surface area (Å²) in [5, 5.41) is 11.7. The third-order valence-electron chi connectivity index (χ3n) is 2.47. The van der Waals surface area contributed by atoms with Crippen molar-refractivity contribution in [2.75, 3.05) is 0 Å². The molecule has 1 fully saturated rings. The maximum absolute atomic E-state index is 11.7. The van der Waals surface area contributed by atoms with Crippen LogP contribution in [-0.2, 0) is 0 Å². The second-order valence-corrected chi connectivity index (χ2v) is 3.49. The minimum atomic E-state index is -0.521. The van der Waals surface area contributed by atoms with Crippen molar-refractivity contribution in [3.63, 3.8) is 0 Å². The molecular formula is C9H17IMgO. The Balaban J connectivity index is 0. The molecule has 12 heavy (non-hydrogen) atoms. The van der Waals surface area contributed by atoms with E-state index < -0.39 is 5.60 Å². The standard InChI is InChI=1S/C9H17O.HI.Mg/c1-2-6-9(10)7-4-3-5-8-9;;/h2-8H2,1H3;1H;/q-1;;+2/p-1. The third kappa shape index (κ3) is 5.24. The minimum absolute atomic E-state index is 0. The molecular weight excluding hydrogens is 275 g/mol. The van der Waals surface area contributed by atoms with Crippen LogP contribution in [0.5, 0.6) is 0 Å². The van der Waals surface area contributed by atoms with Gasteiger partial charge >= 0.3 is 23.1 Å². The van der Waals surface area contributed by atoms with E-state index in [1.807, 2.05) is 0 Å².